The van der Waals surface area contributed by atoms with Crippen molar-refractivity contribution in [2.75, 3.05) is 26.8 Å². The SMILES string of the molecule is COCCN(CC(=O)N1N=C(c2cccs2)C[C@H]1c1ccccc1F)C(=O)NC(C)(C)C. The Morgan fingerprint density at radius 1 is 1.28 bits per heavy atom. The van der Waals surface area contributed by atoms with E-state index in [0.29, 0.717) is 12.0 Å². The summed E-state index contributed by atoms with van der Waals surface area (Å²) in [6, 6.07) is 9.30. The first-order valence-corrected chi connectivity index (χ1v) is 11.3. The van der Waals surface area contributed by atoms with Gasteiger partial charge in [-0.05, 0) is 38.3 Å². The lowest BCUT2D eigenvalue weighted by Crippen LogP contribution is -2.52. The molecule has 9 heteroatoms. The van der Waals surface area contributed by atoms with Gasteiger partial charge in [-0.3, -0.25) is 4.79 Å². The van der Waals surface area contributed by atoms with Gasteiger partial charge in [-0.2, -0.15) is 5.10 Å². The highest BCUT2D eigenvalue weighted by Gasteiger charge is 2.36. The molecule has 0 unspecified atom stereocenters. The Balaban J connectivity index is 1.86. The van der Waals surface area contributed by atoms with Crippen LogP contribution in [0, 0.1) is 5.82 Å². The van der Waals surface area contributed by atoms with Crippen LogP contribution in [0.4, 0.5) is 9.18 Å². The Hall–Kier alpha value is -2.78. The summed E-state index contributed by atoms with van der Waals surface area (Å²) in [7, 11) is 1.54. The largest absolute Gasteiger partial charge is 0.383 e. The maximum absolute atomic E-state index is 14.6. The number of hydrogen-bond donors (Lipinski definition) is 1. The van der Waals surface area contributed by atoms with Crippen LogP contribution in [-0.2, 0) is 9.53 Å². The molecule has 7 nitrogen and oxygen atoms in total. The summed E-state index contributed by atoms with van der Waals surface area (Å²) >= 11 is 1.52. The van der Waals surface area contributed by atoms with E-state index in [-0.39, 0.29) is 37.5 Å². The fraction of sp³-hybridized carbons (Fsp3) is 0.435. The van der Waals surface area contributed by atoms with E-state index < -0.39 is 11.6 Å². The number of carbonyl (C=O) groups excluding carboxylic acids is 2. The minimum absolute atomic E-state index is 0.197. The fourth-order valence-electron chi connectivity index (χ4n) is 3.41. The molecule has 0 bridgehead atoms. The minimum atomic E-state index is -0.573. The highest BCUT2D eigenvalue weighted by molar-refractivity contribution is 7.12. The standard InChI is InChI=1S/C23H29FN4O3S/c1-23(2,3)25-22(30)27(11-12-31-4)15-21(29)28-19(16-8-5-6-9-17(16)24)14-18(26-28)20-10-7-13-32-20/h5-10,13,19H,11-12,14-15H2,1-4H3,(H,25,30)/t19-/m0/s1. The number of rotatable bonds is 7. The van der Waals surface area contributed by atoms with Gasteiger partial charge in [0.1, 0.15) is 12.4 Å². The number of halogens is 1. The number of thiophene rings is 1. The van der Waals surface area contributed by atoms with Crippen LogP contribution in [0.2, 0.25) is 0 Å². The summed E-state index contributed by atoms with van der Waals surface area (Å²) in [6.45, 7) is 5.93. The van der Waals surface area contributed by atoms with Crippen molar-refractivity contribution in [2.45, 2.75) is 38.8 Å². The van der Waals surface area contributed by atoms with Gasteiger partial charge in [-0.1, -0.05) is 24.3 Å². The average Bonchev–Trinajstić information content (AvgIpc) is 3.39. The van der Waals surface area contributed by atoms with Gasteiger partial charge in [0.05, 0.1) is 23.2 Å². The lowest BCUT2D eigenvalue weighted by atomic mass is 10.0. The van der Waals surface area contributed by atoms with E-state index in [1.807, 2.05) is 38.3 Å². The van der Waals surface area contributed by atoms with Crippen molar-refractivity contribution in [1.29, 1.82) is 0 Å². The quantitative estimate of drug-likeness (QED) is 0.678. The van der Waals surface area contributed by atoms with Crippen molar-refractivity contribution < 1.29 is 18.7 Å². The predicted octanol–water partition coefficient (Wildman–Crippen LogP) is 4.02. The molecule has 0 radical (unpaired) electrons. The lowest BCUT2D eigenvalue weighted by Gasteiger charge is -2.30. The molecule has 0 fully saturated rings. The Kier molecular flexibility index (Phi) is 7.63. The summed E-state index contributed by atoms with van der Waals surface area (Å²) < 4.78 is 19.7. The molecule has 0 saturated heterocycles. The molecule has 1 N–H and O–H groups in total. The van der Waals surface area contributed by atoms with E-state index in [4.69, 9.17) is 4.74 Å². The van der Waals surface area contributed by atoms with Gasteiger partial charge in [-0.15, -0.1) is 11.3 Å². The summed E-state index contributed by atoms with van der Waals surface area (Å²) in [5, 5.41) is 10.7. The number of ether oxygens (including phenoxy) is 1. The lowest BCUT2D eigenvalue weighted by molar-refractivity contribution is -0.133. The summed E-state index contributed by atoms with van der Waals surface area (Å²) in [4.78, 5) is 28.4. The number of hydrogen-bond acceptors (Lipinski definition) is 5. The van der Waals surface area contributed by atoms with Gasteiger partial charge >= 0.3 is 6.03 Å². The van der Waals surface area contributed by atoms with Crippen molar-refractivity contribution in [1.82, 2.24) is 15.2 Å². The smallest absolute Gasteiger partial charge is 0.318 e. The van der Waals surface area contributed by atoms with E-state index in [1.165, 1.54) is 34.4 Å². The molecule has 0 spiro atoms. The average molecular weight is 461 g/mol. The van der Waals surface area contributed by atoms with Crippen LogP contribution in [0.3, 0.4) is 0 Å². The molecule has 172 valence electrons. The van der Waals surface area contributed by atoms with Crippen LogP contribution < -0.4 is 5.32 Å². The van der Waals surface area contributed by atoms with Crippen LogP contribution in [-0.4, -0.2) is 59.9 Å². The van der Waals surface area contributed by atoms with Crippen molar-refractivity contribution in [2.24, 2.45) is 5.10 Å². The molecular formula is C23H29FN4O3S. The van der Waals surface area contributed by atoms with E-state index in [1.54, 1.807) is 18.2 Å². The van der Waals surface area contributed by atoms with Crippen LogP contribution in [0.15, 0.2) is 46.9 Å². The number of nitrogens with one attached hydrogen (secondary N) is 1. The fourth-order valence-corrected chi connectivity index (χ4v) is 4.13. The Morgan fingerprint density at radius 3 is 2.66 bits per heavy atom. The first-order chi connectivity index (χ1) is 15.2. The van der Waals surface area contributed by atoms with Gasteiger partial charge in [0.2, 0.25) is 0 Å². The molecule has 1 aromatic heterocycles. The predicted molar refractivity (Wildman–Crippen MR) is 123 cm³/mol. The van der Waals surface area contributed by atoms with E-state index >= 15 is 0 Å². The molecule has 3 amide bonds. The van der Waals surface area contributed by atoms with Gasteiger partial charge in [0, 0.05) is 31.2 Å². The number of nitrogens with zero attached hydrogens (tertiary/aromatic N) is 3. The normalized spacial score (nSPS) is 16.1. The van der Waals surface area contributed by atoms with Crippen LogP contribution in [0.25, 0.3) is 0 Å². The maximum atomic E-state index is 14.6. The monoisotopic (exact) mass is 460 g/mol. The molecule has 1 aromatic carbocycles. The Labute approximate surface area is 191 Å². The molecule has 2 aromatic rings. The van der Waals surface area contributed by atoms with E-state index in [9.17, 15) is 14.0 Å². The van der Waals surface area contributed by atoms with E-state index in [2.05, 4.69) is 10.4 Å². The van der Waals surface area contributed by atoms with Crippen molar-refractivity contribution in [3.8, 4) is 0 Å². The zero-order valence-corrected chi connectivity index (χ0v) is 19.6. The Bertz CT molecular complexity index is 972. The number of amides is 3. The minimum Gasteiger partial charge on any atom is -0.383 e. The third-order valence-corrected chi connectivity index (χ3v) is 5.82. The molecule has 1 atom stereocenters. The molecule has 3 rings (SSSR count). The molecule has 32 heavy (non-hydrogen) atoms. The summed E-state index contributed by atoms with van der Waals surface area (Å²) in [5.74, 6) is -0.774. The second-order valence-corrected chi connectivity index (χ2v) is 9.55. The zero-order chi connectivity index (χ0) is 23.3. The molecular weight excluding hydrogens is 431 g/mol. The number of urea groups is 1. The van der Waals surface area contributed by atoms with Crippen molar-refractivity contribution >= 4 is 29.0 Å². The van der Waals surface area contributed by atoms with E-state index in [0.717, 1.165) is 10.6 Å². The number of hydrazone groups is 1. The number of methoxy groups -OCH3 is 1. The highest BCUT2D eigenvalue weighted by Crippen LogP contribution is 2.35. The topological polar surface area (TPSA) is 74.2 Å². The molecule has 2 heterocycles. The van der Waals surface area contributed by atoms with Gasteiger partial charge in [0.25, 0.3) is 5.91 Å². The number of carbonyl (C=O) groups is 2. The summed E-state index contributed by atoms with van der Waals surface area (Å²) in [5.41, 5.74) is 0.669. The zero-order valence-electron chi connectivity index (χ0n) is 18.8. The third-order valence-electron chi connectivity index (χ3n) is 4.90. The van der Waals surface area contributed by atoms with Gasteiger partial charge < -0.3 is 15.0 Å². The van der Waals surface area contributed by atoms with Crippen molar-refractivity contribution in [3.63, 3.8) is 0 Å². The maximum Gasteiger partial charge on any atom is 0.318 e. The molecule has 0 saturated carbocycles. The highest BCUT2D eigenvalue weighted by atomic mass is 32.1. The number of benzene rings is 1. The van der Waals surface area contributed by atoms with Crippen LogP contribution >= 0.6 is 11.3 Å². The second-order valence-electron chi connectivity index (χ2n) is 8.60. The van der Waals surface area contributed by atoms with Gasteiger partial charge in [0.15, 0.2) is 0 Å². The molecule has 0 aliphatic carbocycles. The van der Waals surface area contributed by atoms with Crippen molar-refractivity contribution in [3.05, 3.63) is 58.0 Å². The van der Waals surface area contributed by atoms with Gasteiger partial charge in [-0.25, -0.2) is 14.2 Å². The molecule has 1 aliphatic heterocycles. The van der Waals surface area contributed by atoms with Crippen LogP contribution in [0.1, 0.15) is 43.7 Å². The Morgan fingerprint density at radius 2 is 2.03 bits per heavy atom. The first kappa shape index (κ1) is 23.9. The summed E-state index contributed by atoms with van der Waals surface area (Å²) in [6.07, 6.45) is 0.402. The third kappa shape index (κ3) is 5.92. The first-order valence-electron chi connectivity index (χ1n) is 10.4. The second kappa shape index (κ2) is 10.2. The van der Waals surface area contributed by atoms with Crippen LogP contribution in [0.5, 0.6) is 0 Å². The molecule has 1 aliphatic rings.